The Morgan fingerprint density at radius 1 is 1.15 bits per heavy atom. The third-order valence-corrected chi connectivity index (χ3v) is 3.50. The van der Waals surface area contributed by atoms with Gasteiger partial charge in [-0.3, -0.25) is 4.57 Å². The number of aromatic nitrogens is 2. The second-order valence-corrected chi connectivity index (χ2v) is 4.72. The molecule has 2 heterocycles. The van der Waals surface area contributed by atoms with Crippen molar-refractivity contribution >= 4 is 11.7 Å². The quantitative estimate of drug-likeness (QED) is 0.852. The van der Waals surface area contributed by atoms with Gasteiger partial charge in [-0.15, -0.1) is 0 Å². The molecular formula is C14H16N4O2. The molecule has 6 heteroatoms. The summed E-state index contributed by atoms with van der Waals surface area (Å²) in [5.41, 5.74) is 0.822. The van der Waals surface area contributed by atoms with Gasteiger partial charge in [0.05, 0.1) is 5.69 Å². The number of phenols is 1. The van der Waals surface area contributed by atoms with Crippen LogP contribution in [0.4, 0.5) is 10.5 Å². The molecule has 104 valence electrons. The first-order chi connectivity index (χ1) is 9.75. The first-order valence-corrected chi connectivity index (χ1v) is 6.56. The number of anilines is 1. The second kappa shape index (κ2) is 5.24. The number of aromatic hydroxyl groups is 1. The van der Waals surface area contributed by atoms with Crippen LogP contribution < -0.4 is 4.90 Å². The van der Waals surface area contributed by atoms with Crippen molar-refractivity contribution in [3.8, 4) is 5.75 Å². The lowest BCUT2D eigenvalue weighted by atomic mass is 10.2. The van der Waals surface area contributed by atoms with E-state index in [0.29, 0.717) is 26.2 Å². The molecule has 3 rings (SSSR count). The summed E-state index contributed by atoms with van der Waals surface area (Å²) in [5, 5.41) is 9.85. The molecule has 1 aromatic heterocycles. The first kappa shape index (κ1) is 12.5. The maximum absolute atomic E-state index is 12.2. The number of carbonyl (C=O) groups is 1. The SMILES string of the molecule is O=C(N1CCN(c2ccccc2O)CC1)n1ccnc1. The Morgan fingerprint density at radius 3 is 2.55 bits per heavy atom. The van der Waals surface area contributed by atoms with Crippen LogP contribution >= 0.6 is 0 Å². The number of phenolic OH excluding ortho intramolecular Hbond substituents is 1. The standard InChI is InChI=1S/C14H16N4O2/c19-13-4-2-1-3-12(13)16-7-9-17(10-8-16)14(20)18-6-5-15-11-18/h1-6,11,19H,7-10H2. The average molecular weight is 272 g/mol. The summed E-state index contributed by atoms with van der Waals surface area (Å²) in [4.78, 5) is 19.9. The van der Waals surface area contributed by atoms with Gasteiger partial charge in [-0.05, 0) is 12.1 Å². The molecule has 0 atom stereocenters. The van der Waals surface area contributed by atoms with Crippen LogP contribution in [0, 0.1) is 0 Å². The Morgan fingerprint density at radius 2 is 1.90 bits per heavy atom. The van der Waals surface area contributed by atoms with Crippen LogP contribution in [-0.4, -0.2) is 51.8 Å². The normalized spacial score (nSPS) is 15.4. The fourth-order valence-electron chi connectivity index (χ4n) is 2.41. The van der Waals surface area contributed by atoms with Crippen LogP contribution in [0.3, 0.4) is 0 Å². The van der Waals surface area contributed by atoms with Gasteiger partial charge >= 0.3 is 6.03 Å². The predicted octanol–water partition coefficient (Wildman–Crippen LogP) is 1.38. The molecule has 1 saturated heterocycles. The third kappa shape index (κ3) is 2.32. The molecule has 6 nitrogen and oxygen atoms in total. The summed E-state index contributed by atoms with van der Waals surface area (Å²) in [6.45, 7) is 2.67. The molecule has 1 aliphatic heterocycles. The number of carbonyl (C=O) groups excluding carboxylic acids is 1. The van der Waals surface area contributed by atoms with Gasteiger partial charge in [-0.1, -0.05) is 12.1 Å². The maximum Gasteiger partial charge on any atom is 0.329 e. The van der Waals surface area contributed by atoms with Gasteiger partial charge in [0.15, 0.2) is 0 Å². The fourth-order valence-corrected chi connectivity index (χ4v) is 2.41. The number of imidazole rings is 1. The Bertz CT molecular complexity index is 589. The van der Waals surface area contributed by atoms with Gasteiger partial charge in [-0.25, -0.2) is 9.78 Å². The minimum absolute atomic E-state index is 0.0561. The van der Waals surface area contributed by atoms with Gasteiger partial charge in [0.2, 0.25) is 0 Å². The highest BCUT2D eigenvalue weighted by molar-refractivity contribution is 5.77. The number of piperazine rings is 1. The molecule has 0 saturated carbocycles. The van der Waals surface area contributed by atoms with E-state index < -0.39 is 0 Å². The van der Waals surface area contributed by atoms with Crippen molar-refractivity contribution in [2.75, 3.05) is 31.1 Å². The molecule has 0 radical (unpaired) electrons. The van der Waals surface area contributed by atoms with Crippen LogP contribution in [0.1, 0.15) is 0 Å². The summed E-state index contributed by atoms with van der Waals surface area (Å²) in [5.74, 6) is 0.280. The largest absolute Gasteiger partial charge is 0.506 e. The molecule has 1 amide bonds. The second-order valence-electron chi connectivity index (χ2n) is 4.72. The predicted molar refractivity (Wildman–Crippen MR) is 74.9 cm³/mol. The number of amides is 1. The van der Waals surface area contributed by atoms with Gasteiger partial charge in [0, 0.05) is 38.6 Å². The molecule has 1 N–H and O–H groups in total. The van der Waals surface area contributed by atoms with Gasteiger partial charge < -0.3 is 14.9 Å². The lowest BCUT2D eigenvalue weighted by Gasteiger charge is -2.36. The van der Waals surface area contributed by atoms with E-state index in [0.717, 1.165) is 5.69 Å². The van der Waals surface area contributed by atoms with E-state index >= 15 is 0 Å². The van der Waals surface area contributed by atoms with E-state index in [-0.39, 0.29) is 11.8 Å². The number of para-hydroxylation sites is 2. The molecule has 1 aliphatic rings. The third-order valence-electron chi connectivity index (χ3n) is 3.50. The Kier molecular flexibility index (Phi) is 3.28. The Labute approximate surface area is 116 Å². The highest BCUT2D eigenvalue weighted by Gasteiger charge is 2.23. The molecule has 0 bridgehead atoms. The number of rotatable bonds is 1. The van der Waals surface area contributed by atoms with E-state index in [4.69, 9.17) is 0 Å². The molecule has 0 aliphatic carbocycles. The summed E-state index contributed by atoms with van der Waals surface area (Å²) in [6.07, 6.45) is 4.76. The van der Waals surface area contributed by atoms with Crippen LogP contribution in [-0.2, 0) is 0 Å². The van der Waals surface area contributed by atoms with Crippen LogP contribution in [0.2, 0.25) is 0 Å². The zero-order valence-electron chi connectivity index (χ0n) is 11.0. The van der Waals surface area contributed by atoms with Crippen molar-refractivity contribution in [3.63, 3.8) is 0 Å². The van der Waals surface area contributed by atoms with E-state index in [1.54, 1.807) is 29.4 Å². The van der Waals surface area contributed by atoms with E-state index in [1.807, 2.05) is 12.1 Å². The smallest absolute Gasteiger partial charge is 0.329 e. The van der Waals surface area contributed by atoms with Crippen molar-refractivity contribution in [2.24, 2.45) is 0 Å². The topological polar surface area (TPSA) is 61.6 Å². The zero-order chi connectivity index (χ0) is 13.9. The van der Waals surface area contributed by atoms with E-state index in [2.05, 4.69) is 9.88 Å². The average Bonchev–Trinajstić information content (AvgIpc) is 3.01. The number of nitrogens with zero attached hydrogens (tertiary/aromatic N) is 4. The van der Waals surface area contributed by atoms with Crippen molar-refractivity contribution in [1.29, 1.82) is 0 Å². The molecule has 0 spiro atoms. The molecule has 1 aromatic carbocycles. The monoisotopic (exact) mass is 272 g/mol. The summed E-state index contributed by atoms with van der Waals surface area (Å²) >= 11 is 0. The fraction of sp³-hybridized carbons (Fsp3) is 0.286. The van der Waals surface area contributed by atoms with Gasteiger partial charge in [-0.2, -0.15) is 0 Å². The first-order valence-electron chi connectivity index (χ1n) is 6.56. The summed E-state index contributed by atoms with van der Waals surface area (Å²) in [7, 11) is 0. The maximum atomic E-state index is 12.2. The lowest BCUT2D eigenvalue weighted by Crippen LogP contribution is -2.49. The zero-order valence-corrected chi connectivity index (χ0v) is 11.0. The molecule has 0 unspecified atom stereocenters. The van der Waals surface area contributed by atoms with Crippen molar-refractivity contribution < 1.29 is 9.90 Å². The molecular weight excluding hydrogens is 256 g/mol. The Balaban J connectivity index is 1.65. The number of hydrogen-bond donors (Lipinski definition) is 1. The molecule has 1 fully saturated rings. The van der Waals surface area contributed by atoms with Crippen molar-refractivity contribution in [2.45, 2.75) is 0 Å². The van der Waals surface area contributed by atoms with Gasteiger partial charge in [0.1, 0.15) is 12.1 Å². The highest BCUT2D eigenvalue weighted by Crippen LogP contribution is 2.27. The highest BCUT2D eigenvalue weighted by atomic mass is 16.3. The minimum Gasteiger partial charge on any atom is -0.506 e. The van der Waals surface area contributed by atoms with E-state index in [1.165, 1.54) is 10.9 Å². The molecule has 20 heavy (non-hydrogen) atoms. The lowest BCUT2D eigenvalue weighted by molar-refractivity contribution is 0.196. The minimum atomic E-state index is -0.0561. The van der Waals surface area contributed by atoms with Crippen LogP contribution in [0.15, 0.2) is 43.0 Å². The molecule has 2 aromatic rings. The van der Waals surface area contributed by atoms with Crippen molar-refractivity contribution in [1.82, 2.24) is 14.5 Å². The number of benzene rings is 1. The Hall–Kier alpha value is -2.50. The van der Waals surface area contributed by atoms with Crippen molar-refractivity contribution in [3.05, 3.63) is 43.0 Å². The van der Waals surface area contributed by atoms with E-state index in [9.17, 15) is 9.90 Å². The summed E-state index contributed by atoms with van der Waals surface area (Å²) < 4.78 is 1.48. The number of hydrogen-bond acceptors (Lipinski definition) is 4. The van der Waals surface area contributed by atoms with Gasteiger partial charge in [0.25, 0.3) is 0 Å². The van der Waals surface area contributed by atoms with Crippen LogP contribution in [0.25, 0.3) is 0 Å². The summed E-state index contributed by atoms with van der Waals surface area (Å²) in [6, 6.07) is 7.22. The van der Waals surface area contributed by atoms with Crippen LogP contribution in [0.5, 0.6) is 5.75 Å².